The minimum Gasteiger partial charge on any atom is -0.477 e. The number of ether oxygens (including phenoxy) is 2. The second-order valence-electron chi connectivity index (χ2n) is 13.2. The van der Waals surface area contributed by atoms with Crippen LogP contribution in [0.15, 0.2) is 18.2 Å². The van der Waals surface area contributed by atoms with Gasteiger partial charge < -0.3 is 14.8 Å². The van der Waals surface area contributed by atoms with Crippen LogP contribution in [0.3, 0.4) is 0 Å². The molecule has 5 aliphatic rings. The number of carbonyl (C=O) groups is 1. The monoisotopic (exact) mass is 480 g/mol. The van der Waals surface area contributed by atoms with Crippen LogP contribution < -0.4 is 10.1 Å². The van der Waals surface area contributed by atoms with Crippen molar-refractivity contribution in [3.63, 3.8) is 0 Å². The van der Waals surface area contributed by atoms with Gasteiger partial charge in [0, 0.05) is 25.6 Å². The van der Waals surface area contributed by atoms with E-state index in [1.807, 2.05) is 19.2 Å². The summed E-state index contributed by atoms with van der Waals surface area (Å²) in [7, 11) is 3.61. The molecule has 1 unspecified atom stereocenters. The van der Waals surface area contributed by atoms with E-state index in [-0.39, 0.29) is 5.91 Å². The largest absolute Gasteiger partial charge is 0.477 e. The number of carbonyl (C=O) groups excluding carboxylic acids is 1. The van der Waals surface area contributed by atoms with Crippen LogP contribution in [0.5, 0.6) is 5.88 Å². The molecule has 0 aliphatic heterocycles. The van der Waals surface area contributed by atoms with Gasteiger partial charge in [-0.1, -0.05) is 26.8 Å². The van der Waals surface area contributed by atoms with E-state index in [9.17, 15) is 4.79 Å². The highest BCUT2D eigenvalue weighted by molar-refractivity contribution is 5.92. The Kier molecular flexibility index (Phi) is 5.56. The van der Waals surface area contributed by atoms with Gasteiger partial charge in [0.2, 0.25) is 5.88 Å². The number of nitrogens with one attached hydrogen (secondary N) is 1. The Labute approximate surface area is 211 Å². The summed E-state index contributed by atoms with van der Waals surface area (Å²) in [6.07, 6.45) is 11.5. The van der Waals surface area contributed by atoms with Gasteiger partial charge in [-0.25, -0.2) is 4.98 Å². The molecule has 5 saturated carbocycles. The number of hydrogen-bond acceptors (Lipinski definition) is 4. The van der Waals surface area contributed by atoms with Gasteiger partial charge in [0.1, 0.15) is 5.69 Å². The molecular formula is C30H44N2O3. The van der Waals surface area contributed by atoms with Crippen LogP contribution in [0.4, 0.5) is 0 Å². The minimum absolute atomic E-state index is 0.177. The first-order valence-electron chi connectivity index (χ1n) is 14.1. The molecule has 0 radical (unpaired) electrons. The molecule has 1 amide bonds. The Morgan fingerprint density at radius 3 is 2.74 bits per heavy atom. The molecule has 1 spiro atoms. The van der Waals surface area contributed by atoms with Crippen molar-refractivity contribution in [2.45, 2.75) is 78.2 Å². The van der Waals surface area contributed by atoms with Crippen LogP contribution in [-0.4, -0.2) is 37.8 Å². The molecule has 5 fully saturated rings. The van der Waals surface area contributed by atoms with Crippen LogP contribution in [-0.2, 0) is 4.74 Å². The molecule has 10 atom stereocenters. The zero-order valence-corrected chi connectivity index (χ0v) is 22.3. The van der Waals surface area contributed by atoms with Crippen LogP contribution in [0.1, 0.15) is 82.6 Å². The van der Waals surface area contributed by atoms with Crippen LogP contribution in [0, 0.1) is 51.8 Å². The molecule has 1 N–H and O–H groups in total. The number of methoxy groups -OCH3 is 1. The van der Waals surface area contributed by atoms with Crippen molar-refractivity contribution in [2.75, 3.05) is 20.8 Å². The van der Waals surface area contributed by atoms with E-state index in [4.69, 9.17) is 9.47 Å². The summed E-state index contributed by atoms with van der Waals surface area (Å²) < 4.78 is 12.4. The fourth-order valence-corrected chi connectivity index (χ4v) is 10.6. The Hall–Kier alpha value is -1.62. The van der Waals surface area contributed by atoms with Gasteiger partial charge in [0.05, 0.1) is 12.7 Å². The maximum absolute atomic E-state index is 11.9. The number of aromatic nitrogens is 1. The smallest absolute Gasteiger partial charge is 0.269 e. The molecule has 6 rings (SSSR count). The first kappa shape index (κ1) is 23.8. The molecule has 5 nitrogen and oxygen atoms in total. The van der Waals surface area contributed by atoms with Gasteiger partial charge >= 0.3 is 0 Å². The van der Waals surface area contributed by atoms with Crippen molar-refractivity contribution in [1.82, 2.24) is 10.3 Å². The molecule has 192 valence electrons. The number of fused-ring (bicyclic) bond motifs is 4. The van der Waals surface area contributed by atoms with Gasteiger partial charge in [0.25, 0.3) is 5.91 Å². The second kappa shape index (κ2) is 8.19. The number of amides is 1. The Morgan fingerprint density at radius 1 is 1.17 bits per heavy atom. The normalized spacial score (nSPS) is 46.1. The Morgan fingerprint density at radius 2 is 2.00 bits per heavy atom. The van der Waals surface area contributed by atoms with E-state index in [1.165, 1.54) is 51.4 Å². The van der Waals surface area contributed by atoms with E-state index in [2.05, 4.69) is 31.1 Å². The third-order valence-corrected chi connectivity index (χ3v) is 12.3. The van der Waals surface area contributed by atoms with Crippen molar-refractivity contribution in [1.29, 1.82) is 0 Å². The fraction of sp³-hybridized carbons (Fsp3) is 0.800. The molecule has 0 saturated heterocycles. The average Bonchev–Trinajstić information content (AvgIpc) is 3.38. The lowest BCUT2D eigenvalue weighted by molar-refractivity contribution is -0.161. The summed E-state index contributed by atoms with van der Waals surface area (Å²) in [6, 6.07) is 5.44. The highest BCUT2D eigenvalue weighted by Crippen LogP contribution is 2.82. The van der Waals surface area contributed by atoms with E-state index >= 15 is 0 Å². The molecule has 1 heterocycles. The zero-order chi connectivity index (χ0) is 24.6. The quantitative estimate of drug-likeness (QED) is 0.564. The lowest BCUT2D eigenvalue weighted by atomic mass is 9.45. The molecular weight excluding hydrogens is 436 g/mol. The van der Waals surface area contributed by atoms with Crippen LogP contribution in [0.25, 0.3) is 0 Å². The topological polar surface area (TPSA) is 60.5 Å². The standard InChI is InChI=1S/C30H44N2O3/c1-18(17-35-26-8-6-7-24(32-26)27(33)31-4)21-9-10-22-20-15-25(34-5)30-16-19(30)11-14-29(30,3)23(20)12-13-28(21,22)2/h6-8,18-23,25H,9-17H2,1-5H3,(H,31,33)/t18-,19-,20+,21-,22+,23+,25?,28-,29-,30+/m1/s1. The van der Waals surface area contributed by atoms with Gasteiger partial charge in [-0.3, -0.25) is 4.79 Å². The number of rotatable bonds is 6. The molecule has 1 aromatic heterocycles. The number of pyridine rings is 1. The third kappa shape index (κ3) is 3.22. The molecule has 0 bridgehead atoms. The maximum atomic E-state index is 11.9. The highest BCUT2D eigenvalue weighted by Gasteiger charge is 2.77. The summed E-state index contributed by atoms with van der Waals surface area (Å²) in [5.74, 6) is 4.98. The fourth-order valence-electron chi connectivity index (χ4n) is 10.6. The first-order valence-corrected chi connectivity index (χ1v) is 14.1. The third-order valence-electron chi connectivity index (χ3n) is 12.3. The van der Waals surface area contributed by atoms with Gasteiger partial charge in [0.15, 0.2) is 0 Å². The van der Waals surface area contributed by atoms with Crippen molar-refractivity contribution >= 4 is 5.91 Å². The van der Waals surface area contributed by atoms with E-state index < -0.39 is 0 Å². The van der Waals surface area contributed by atoms with Crippen molar-refractivity contribution < 1.29 is 14.3 Å². The van der Waals surface area contributed by atoms with E-state index in [0.717, 1.165) is 23.7 Å². The SMILES string of the molecule is CNC(=O)c1cccc(OC[C@@H](C)[C@H]2CC[C@H]3[C@@H]4CC(OC)[C@]56C[C@H]5CC[C@]6(C)[C@H]4CC[C@]23C)n1. The zero-order valence-electron chi connectivity index (χ0n) is 22.3. The Bertz CT molecular complexity index is 998. The number of hydrogen-bond donors (Lipinski definition) is 1. The average molecular weight is 481 g/mol. The Balaban J connectivity index is 1.17. The lowest BCUT2D eigenvalue weighted by Gasteiger charge is -2.61. The molecule has 5 aliphatic carbocycles. The lowest BCUT2D eigenvalue weighted by Crippen LogP contribution is -2.57. The summed E-state index contributed by atoms with van der Waals surface area (Å²) in [5, 5.41) is 2.64. The summed E-state index contributed by atoms with van der Waals surface area (Å²) in [6.45, 7) is 8.30. The number of nitrogens with zero attached hydrogens (tertiary/aromatic N) is 1. The molecule has 1 aromatic rings. The molecule has 5 heteroatoms. The summed E-state index contributed by atoms with van der Waals surface area (Å²) >= 11 is 0. The minimum atomic E-state index is -0.177. The summed E-state index contributed by atoms with van der Waals surface area (Å²) in [5.41, 5.74) is 1.80. The van der Waals surface area contributed by atoms with E-state index in [0.29, 0.717) is 52.4 Å². The van der Waals surface area contributed by atoms with Gasteiger partial charge in [-0.2, -0.15) is 0 Å². The van der Waals surface area contributed by atoms with E-state index in [1.54, 1.807) is 13.1 Å². The predicted molar refractivity (Wildman–Crippen MR) is 136 cm³/mol. The second-order valence-corrected chi connectivity index (χ2v) is 13.2. The molecule has 35 heavy (non-hydrogen) atoms. The first-order chi connectivity index (χ1) is 16.8. The van der Waals surface area contributed by atoms with Crippen LogP contribution >= 0.6 is 0 Å². The molecule has 0 aromatic carbocycles. The highest BCUT2D eigenvalue weighted by atomic mass is 16.5. The van der Waals surface area contributed by atoms with Gasteiger partial charge in [-0.05, 0) is 104 Å². The predicted octanol–water partition coefficient (Wildman–Crippen LogP) is 5.74. The van der Waals surface area contributed by atoms with Crippen molar-refractivity contribution in [2.24, 2.45) is 51.8 Å². The van der Waals surface area contributed by atoms with Crippen molar-refractivity contribution in [3.8, 4) is 5.88 Å². The van der Waals surface area contributed by atoms with Crippen molar-refractivity contribution in [3.05, 3.63) is 23.9 Å². The summed E-state index contributed by atoms with van der Waals surface area (Å²) in [4.78, 5) is 16.4. The van der Waals surface area contributed by atoms with Gasteiger partial charge in [-0.15, -0.1) is 0 Å². The maximum Gasteiger partial charge on any atom is 0.269 e. The van der Waals surface area contributed by atoms with Crippen LogP contribution in [0.2, 0.25) is 0 Å².